The Labute approximate surface area is 275 Å². The van der Waals surface area contributed by atoms with Crippen LogP contribution in [0.4, 0.5) is 14.9 Å². The zero-order valence-electron chi connectivity index (χ0n) is 25.5. The van der Waals surface area contributed by atoms with Crippen molar-refractivity contribution in [1.29, 1.82) is 0 Å². The van der Waals surface area contributed by atoms with Crippen molar-refractivity contribution in [2.45, 2.75) is 62.1 Å². The number of piperazine rings is 1. The van der Waals surface area contributed by atoms with Gasteiger partial charge in [-0.3, -0.25) is 13.9 Å². The van der Waals surface area contributed by atoms with Gasteiger partial charge in [-0.25, -0.2) is 26.2 Å². The first kappa shape index (κ1) is 34.8. The molecule has 3 aliphatic rings. The van der Waals surface area contributed by atoms with Gasteiger partial charge in [-0.15, -0.1) is 10.8 Å². The standard InChI is InChI=1S/C30H41ClFN5O7S2/c1-45(41,42)36-15-13-30(14-16-36,20-7-9-21(31)10-8-20)27(35-29(39)40)28(38)34-26-6-2-5-25(32)24(26)12-11-23-18-33-22-4-3-17-46(43,44)37(23)19-22/h2,5-10,22-23,27,33,35,43-44H,3-4,11-19H2,1H3,(H,34,38)(H,39,40)/t22-,23+,27-/m1/s1. The minimum atomic E-state index is -3.53. The van der Waals surface area contributed by atoms with Gasteiger partial charge in [-0.1, -0.05) is 29.8 Å². The van der Waals surface area contributed by atoms with Gasteiger partial charge in [0.05, 0.1) is 12.0 Å². The Balaban J connectivity index is 1.42. The number of hydrogen-bond acceptors (Lipinski definition) is 8. The van der Waals surface area contributed by atoms with Crippen molar-refractivity contribution >= 4 is 50.1 Å². The first-order valence-corrected chi connectivity index (χ1v) is 19.1. The fourth-order valence-electron chi connectivity index (χ4n) is 7.04. The molecule has 0 aliphatic carbocycles. The number of nitrogens with one attached hydrogen (secondary N) is 3. The van der Waals surface area contributed by atoms with Crippen LogP contribution in [0.5, 0.6) is 0 Å². The van der Waals surface area contributed by atoms with Crippen LogP contribution >= 0.6 is 22.4 Å². The molecule has 2 amide bonds. The average molecular weight is 702 g/mol. The van der Waals surface area contributed by atoms with E-state index in [-0.39, 0.29) is 61.4 Å². The van der Waals surface area contributed by atoms with Crippen LogP contribution in [0.1, 0.15) is 43.2 Å². The lowest BCUT2D eigenvalue weighted by Gasteiger charge is -2.49. The van der Waals surface area contributed by atoms with Gasteiger partial charge in [0.15, 0.2) is 0 Å². The van der Waals surface area contributed by atoms with E-state index in [1.807, 2.05) is 0 Å². The molecule has 12 nitrogen and oxygen atoms in total. The van der Waals surface area contributed by atoms with Crippen LogP contribution in [0, 0.1) is 5.82 Å². The highest BCUT2D eigenvalue weighted by atomic mass is 35.5. The lowest BCUT2D eigenvalue weighted by atomic mass is 9.67. The predicted octanol–water partition coefficient (Wildman–Crippen LogP) is 4.08. The van der Waals surface area contributed by atoms with Crippen LogP contribution in [0.2, 0.25) is 5.02 Å². The molecule has 2 aromatic rings. The number of hydrogen-bond donors (Lipinski definition) is 6. The molecule has 6 N–H and O–H groups in total. The minimum Gasteiger partial charge on any atom is -0.465 e. The number of anilines is 1. The summed E-state index contributed by atoms with van der Waals surface area (Å²) in [5.74, 6) is -0.989. The van der Waals surface area contributed by atoms with Crippen molar-refractivity contribution in [2.75, 3.05) is 43.5 Å². The molecular formula is C30H41ClFN5O7S2. The summed E-state index contributed by atoms with van der Waals surface area (Å²) in [7, 11) is -6.48. The Morgan fingerprint density at radius 2 is 1.87 bits per heavy atom. The Bertz CT molecular complexity index is 1540. The number of amides is 2. The summed E-state index contributed by atoms with van der Waals surface area (Å²) >= 11 is 6.14. The van der Waals surface area contributed by atoms with Gasteiger partial charge in [0, 0.05) is 60.0 Å². The van der Waals surface area contributed by atoms with Gasteiger partial charge in [-0.2, -0.15) is 0 Å². The minimum absolute atomic E-state index is 0.0593. The topological polar surface area (TPSA) is 172 Å². The van der Waals surface area contributed by atoms with Crippen LogP contribution in [0.15, 0.2) is 42.5 Å². The molecule has 0 radical (unpaired) electrons. The molecule has 2 aromatic carbocycles. The summed E-state index contributed by atoms with van der Waals surface area (Å²) in [5.41, 5.74) is -0.150. The van der Waals surface area contributed by atoms with E-state index in [0.29, 0.717) is 36.5 Å². The van der Waals surface area contributed by atoms with Crippen molar-refractivity contribution in [1.82, 2.24) is 19.2 Å². The molecule has 5 rings (SSSR count). The number of carboxylic acid groups (broad SMARTS) is 1. The molecule has 0 aromatic heterocycles. The number of nitrogens with zero attached hydrogens (tertiary/aromatic N) is 2. The molecule has 0 spiro atoms. The van der Waals surface area contributed by atoms with Gasteiger partial charge in [0.2, 0.25) is 15.9 Å². The number of rotatable bonds is 9. The van der Waals surface area contributed by atoms with E-state index in [0.717, 1.165) is 12.7 Å². The average Bonchev–Trinajstić information content (AvgIpc) is 3.11. The lowest BCUT2D eigenvalue weighted by molar-refractivity contribution is -0.120. The SMILES string of the molecule is CS(=O)(=O)N1CCC(c2ccc(Cl)cc2)([C@H](NC(=O)O)C(=O)Nc2cccc(F)c2CC[C@H]2CN[C@@H]3CCCS(O)(O)N2C3)CC1. The smallest absolute Gasteiger partial charge is 0.405 e. The molecule has 3 heterocycles. The summed E-state index contributed by atoms with van der Waals surface area (Å²) in [4.78, 5) is 26.2. The van der Waals surface area contributed by atoms with Gasteiger partial charge in [-0.05, 0) is 68.4 Å². The molecule has 16 heteroatoms. The van der Waals surface area contributed by atoms with E-state index >= 15 is 4.39 Å². The van der Waals surface area contributed by atoms with Crippen LogP contribution < -0.4 is 16.0 Å². The number of carbonyl (C=O) groups excluding carboxylic acids is 1. The third-order valence-electron chi connectivity index (χ3n) is 9.49. The first-order valence-electron chi connectivity index (χ1n) is 15.2. The maximum absolute atomic E-state index is 15.4. The van der Waals surface area contributed by atoms with Crippen molar-refractivity contribution < 1.29 is 36.6 Å². The fraction of sp³-hybridized carbons (Fsp3) is 0.533. The quantitative estimate of drug-likeness (QED) is 0.225. The summed E-state index contributed by atoms with van der Waals surface area (Å²) in [6.07, 6.45) is 2.02. The molecule has 0 saturated carbocycles. The third kappa shape index (κ3) is 7.62. The molecule has 1 unspecified atom stereocenters. The van der Waals surface area contributed by atoms with E-state index < -0.39 is 50.1 Å². The molecule has 4 atom stereocenters. The highest BCUT2D eigenvalue weighted by molar-refractivity contribution is 8.22. The molecule has 3 saturated heterocycles. The van der Waals surface area contributed by atoms with Crippen LogP contribution in [0.25, 0.3) is 0 Å². The Hall–Kier alpha value is -2.50. The summed E-state index contributed by atoms with van der Waals surface area (Å²) in [5, 5.41) is 18.9. The Morgan fingerprint density at radius 3 is 2.52 bits per heavy atom. The summed E-state index contributed by atoms with van der Waals surface area (Å²) in [6.45, 7) is 1.11. The first-order chi connectivity index (χ1) is 21.7. The van der Waals surface area contributed by atoms with E-state index in [2.05, 4.69) is 16.0 Å². The van der Waals surface area contributed by atoms with Gasteiger partial charge >= 0.3 is 6.09 Å². The van der Waals surface area contributed by atoms with Crippen molar-refractivity contribution in [3.05, 3.63) is 64.4 Å². The van der Waals surface area contributed by atoms with Gasteiger partial charge in [0.1, 0.15) is 11.9 Å². The second-order valence-electron chi connectivity index (χ2n) is 12.3. The predicted molar refractivity (Wildman–Crippen MR) is 176 cm³/mol. The monoisotopic (exact) mass is 701 g/mol. The molecule has 3 fully saturated rings. The second-order valence-corrected chi connectivity index (χ2v) is 16.9. The summed E-state index contributed by atoms with van der Waals surface area (Å²) in [6, 6.07) is 9.46. The van der Waals surface area contributed by atoms with Crippen molar-refractivity contribution in [2.24, 2.45) is 0 Å². The number of carbonyl (C=O) groups is 2. The number of fused-ring (bicyclic) bond motifs is 2. The van der Waals surface area contributed by atoms with Crippen LogP contribution in [-0.4, -0.2) is 99.6 Å². The summed E-state index contributed by atoms with van der Waals surface area (Å²) < 4.78 is 64.7. The molecule has 3 aliphatic heterocycles. The maximum atomic E-state index is 15.4. The van der Waals surface area contributed by atoms with E-state index in [4.69, 9.17) is 11.6 Å². The van der Waals surface area contributed by atoms with E-state index in [1.54, 1.807) is 34.6 Å². The molecule has 254 valence electrons. The second kappa shape index (κ2) is 13.9. The lowest BCUT2D eigenvalue weighted by Crippen LogP contribution is -2.60. The van der Waals surface area contributed by atoms with Gasteiger partial charge in [0.25, 0.3) is 0 Å². The number of piperidine rings is 1. The zero-order chi connectivity index (χ0) is 33.3. The van der Waals surface area contributed by atoms with E-state index in [1.165, 1.54) is 16.4 Å². The largest absolute Gasteiger partial charge is 0.465 e. The van der Waals surface area contributed by atoms with Crippen LogP contribution in [-0.2, 0) is 26.7 Å². The Kier molecular flexibility index (Phi) is 10.5. The highest BCUT2D eigenvalue weighted by Crippen LogP contribution is 2.49. The molecular weight excluding hydrogens is 661 g/mol. The van der Waals surface area contributed by atoms with Gasteiger partial charge < -0.3 is 21.1 Å². The highest BCUT2D eigenvalue weighted by Gasteiger charge is 2.48. The Morgan fingerprint density at radius 1 is 1.17 bits per heavy atom. The zero-order valence-corrected chi connectivity index (χ0v) is 27.9. The van der Waals surface area contributed by atoms with Crippen LogP contribution in [0.3, 0.4) is 0 Å². The van der Waals surface area contributed by atoms with Crippen molar-refractivity contribution in [3.8, 4) is 0 Å². The normalized spacial score (nSPS) is 25.9. The third-order valence-corrected chi connectivity index (χ3v) is 13.1. The number of halogens is 2. The molecule has 2 bridgehead atoms. The van der Waals surface area contributed by atoms with E-state index in [9.17, 15) is 32.2 Å². The van der Waals surface area contributed by atoms with Crippen molar-refractivity contribution in [3.63, 3.8) is 0 Å². The maximum Gasteiger partial charge on any atom is 0.405 e. The molecule has 46 heavy (non-hydrogen) atoms. The number of benzene rings is 2. The fourth-order valence-corrected chi connectivity index (χ4v) is 9.88. The number of sulfonamides is 1.